The van der Waals surface area contributed by atoms with Gasteiger partial charge in [0.15, 0.2) is 6.29 Å². The normalized spacial score (nSPS) is 31.2. The molecule has 2 aliphatic heterocycles. The van der Waals surface area contributed by atoms with Gasteiger partial charge in [0, 0.05) is 25.4 Å². The second-order valence-electron chi connectivity index (χ2n) is 7.90. The Hall–Kier alpha value is -2.11. The minimum absolute atomic E-state index is 0.0774. The van der Waals surface area contributed by atoms with E-state index in [0.717, 1.165) is 0 Å². The van der Waals surface area contributed by atoms with E-state index in [1.54, 1.807) is 38.4 Å². The van der Waals surface area contributed by atoms with Gasteiger partial charge in [0.1, 0.15) is 18.4 Å². The molecule has 0 saturated carbocycles. The summed E-state index contributed by atoms with van der Waals surface area (Å²) in [7, 11) is 0. The number of aromatic nitrogens is 1. The van der Waals surface area contributed by atoms with Crippen molar-refractivity contribution in [1.29, 1.82) is 0 Å². The zero-order valence-electron chi connectivity index (χ0n) is 17.1. The molecule has 2 amide bonds. The second-order valence-corrected chi connectivity index (χ2v) is 7.90. The van der Waals surface area contributed by atoms with Crippen molar-refractivity contribution in [1.82, 2.24) is 20.5 Å². The molecule has 5 unspecified atom stereocenters. The average Bonchev–Trinajstić information content (AvgIpc) is 3.21. The van der Waals surface area contributed by atoms with Gasteiger partial charge >= 0.3 is 0 Å². The van der Waals surface area contributed by atoms with Crippen LogP contribution in [0, 0.1) is 0 Å². The highest BCUT2D eigenvalue weighted by Gasteiger charge is 2.40. The smallest absolute Gasteiger partial charge is 0.243 e. The third-order valence-corrected chi connectivity index (χ3v) is 5.69. The van der Waals surface area contributed by atoms with Gasteiger partial charge in [-0.15, -0.1) is 0 Å². The molecular weight excluding hydrogens is 392 g/mol. The molecule has 10 heteroatoms. The molecule has 1 aromatic heterocycles. The van der Waals surface area contributed by atoms with Crippen LogP contribution >= 0.6 is 0 Å². The minimum Gasteiger partial charge on any atom is -0.388 e. The van der Waals surface area contributed by atoms with Gasteiger partial charge in [0.05, 0.1) is 18.2 Å². The van der Waals surface area contributed by atoms with Crippen LogP contribution < -0.4 is 10.6 Å². The predicted molar refractivity (Wildman–Crippen MR) is 106 cm³/mol. The van der Waals surface area contributed by atoms with E-state index < -0.39 is 42.9 Å². The van der Waals surface area contributed by atoms with Crippen LogP contribution in [-0.4, -0.2) is 80.2 Å². The number of hydrogen-bond donors (Lipinski definition) is 5. The Bertz CT molecular complexity index is 735. The van der Waals surface area contributed by atoms with Crippen molar-refractivity contribution in [3.8, 4) is 0 Å². The number of carbonyl (C=O) groups is 2. The maximum Gasteiger partial charge on any atom is 0.243 e. The van der Waals surface area contributed by atoms with Gasteiger partial charge in [0.2, 0.25) is 11.8 Å². The summed E-state index contributed by atoms with van der Waals surface area (Å²) in [5.74, 6) is -0.658. The number of nitrogens with one attached hydrogen (secondary N) is 2. The summed E-state index contributed by atoms with van der Waals surface area (Å²) in [6.45, 7) is 3.70. The number of aliphatic hydroxyl groups excluding tert-OH is 3. The molecule has 10 nitrogen and oxygen atoms in total. The lowest BCUT2D eigenvalue weighted by molar-refractivity contribution is -0.203. The third kappa shape index (κ3) is 5.13. The van der Waals surface area contributed by atoms with Crippen molar-refractivity contribution in [3.63, 3.8) is 0 Å². The molecule has 2 saturated heterocycles. The molecule has 30 heavy (non-hydrogen) atoms. The van der Waals surface area contributed by atoms with Gasteiger partial charge in [-0.2, -0.15) is 0 Å². The van der Waals surface area contributed by atoms with Crippen LogP contribution in [0.1, 0.15) is 44.9 Å². The van der Waals surface area contributed by atoms with E-state index in [4.69, 9.17) is 4.74 Å². The van der Waals surface area contributed by atoms with Gasteiger partial charge < -0.3 is 30.3 Å². The Kier molecular flexibility index (Phi) is 7.37. The van der Waals surface area contributed by atoms with E-state index >= 15 is 0 Å². The van der Waals surface area contributed by atoms with E-state index in [9.17, 15) is 24.9 Å². The highest BCUT2D eigenvalue weighted by Crippen LogP contribution is 2.22. The minimum atomic E-state index is -1.06. The second kappa shape index (κ2) is 9.80. The zero-order chi connectivity index (χ0) is 21.8. The SMILES string of the molecule is CC1OC(O)CC(NC(=O)[C@@H]2CCCN2C(=O)[C@@H](C)NC(O)c2ccncc2)C1O. The molecular formula is C20H30N4O6. The van der Waals surface area contributed by atoms with E-state index in [1.165, 1.54) is 4.90 Å². The summed E-state index contributed by atoms with van der Waals surface area (Å²) < 4.78 is 5.15. The molecule has 0 radical (unpaired) electrons. The number of carbonyl (C=O) groups excluding carboxylic acids is 2. The first-order valence-electron chi connectivity index (χ1n) is 10.2. The van der Waals surface area contributed by atoms with E-state index in [0.29, 0.717) is 24.9 Å². The lowest BCUT2D eigenvalue weighted by atomic mass is 9.99. The van der Waals surface area contributed by atoms with Crippen LogP contribution in [0.3, 0.4) is 0 Å². The number of aliphatic hydroxyl groups is 3. The lowest BCUT2D eigenvalue weighted by Gasteiger charge is -2.37. The van der Waals surface area contributed by atoms with Gasteiger partial charge in [-0.3, -0.25) is 19.9 Å². The number of nitrogens with zero attached hydrogens (tertiary/aromatic N) is 2. The number of amides is 2. The van der Waals surface area contributed by atoms with Crippen LogP contribution in [0.15, 0.2) is 24.5 Å². The summed E-state index contributed by atoms with van der Waals surface area (Å²) in [6, 6.07) is 1.27. The van der Waals surface area contributed by atoms with E-state index in [2.05, 4.69) is 15.6 Å². The Morgan fingerprint density at radius 1 is 1.30 bits per heavy atom. The van der Waals surface area contributed by atoms with Crippen molar-refractivity contribution in [2.45, 2.75) is 76.0 Å². The predicted octanol–water partition coefficient (Wildman–Crippen LogP) is -0.985. The summed E-state index contributed by atoms with van der Waals surface area (Å²) in [6.07, 6.45) is 0.711. The summed E-state index contributed by atoms with van der Waals surface area (Å²) in [4.78, 5) is 31.2. The van der Waals surface area contributed by atoms with E-state index in [-0.39, 0.29) is 18.2 Å². The fourth-order valence-electron chi connectivity index (χ4n) is 3.99. The fraction of sp³-hybridized carbons (Fsp3) is 0.650. The largest absolute Gasteiger partial charge is 0.388 e. The molecule has 0 aliphatic carbocycles. The van der Waals surface area contributed by atoms with Gasteiger partial charge in [0.25, 0.3) is 0 Å². The van der Waals surface area contributed by atoms with Crippen LogP contribution in [0.5, 0.6) is 0 Å². The first-order valence-corrected chi connectivity index (χ1v) is 10.2. The van der Waals surface area contributed by atoms with Gasteiger partial charge in [-0.05, 0) is 44.4 Å². The highest BCUT2D eigenvalue weighted by molar-refractivity contribution is 5.90. The standard InChI is InChI=1S/C20H30N4O6/c1-11(22-18(27)13-5-7-21-8-6-13)20(29)24-9-3-4-15(24)19(28)23-14-10-16(25)30-12(2)17(14)26/h5-8,11-12,14-18,22,25-27H,3-4,9-10H2,1-2H3,(H,23,28)/t11-,12?,14?,15+,16?,17?,18?/m1/s1. The number of ether oxygens (including phenoxy) is 1. The summed E-state index contributed by atoms with van der Waals surface area (Å²) >= 11 is 0. The Morgan fingerprint density at radius 2 is 2.00 bits per heavy atom. The highest BCUT2D eigenvalue weighted by atomic mass is 16.6. The number of rotatable bonds is 6. The monoisotopic (exact) mass is 422 g/mol. The van der Waals surface area contributed by atoms with Gasteiger partial charge in [-0.1, -0.05) is 0 Å². The Morgan fingerprint density at radius 3 is 2.70 bits per heavy atom. The maximum absolute atomic E-state index is 12.9. The molecule has 0 aromatic carbocycles. The molecule has 5 N–H and O–H groups in total. The van der Waals surface area contributed by atoms with Crippen LogP contribution in [-0.2, 0) is 14.3 Å². The van der Waals surface area contributed by atoms with Gasteiger partial charge in [-0.25, -0.2) is 0 Å². The molecule has 0 spiro atoms. The number of pyridine rings is 1. The molecule has 3 heterocycles. The maximum atomic E-state index is 12.9. The average molecular weight is 422 g/mol. The lowest BCUT2D eigenvalue weighted by Crippen LogP contribution is -2.58. The first kappa shape index (κ1) is 22.6. The van der Waals surface area contributed by atoms with Crippen molar-refractivity contribution in [2.75, 3.05) is 6.54 Å². The van der Waals surface area contributed by atoms with E-state index in [1.807, 2.05) is 0 Å². The van der Waals surface area contributed by atoms with Crippen LogP contribution in [0.25, 0.3) is 0 Å². The van der Waals surface area contributed by atoms with Crippen molar-refractivity contribution in [3.05, 3.63) is 30.1 Å². The molecule has 7 atom stereocenters. The quantitative estimate of drug-likeness (QED) is 0.368. The topological polar surface area (TPSA) is 144 Å². The first-order chi connectivity index (χ1) is 14.3. The van der Waals surface area contributed by atoms with Crippen LogP contribution in [0.2, 0.25) is 0 Å². The van der Waals surface area contributed by atoms with Crippen molar-refractivity contribution in [2.24, 2.45) is 0 Å². The Labute approximate surface area is 175 Å². The fourth-order valence-corrected chi connectivity index (χ4v) is 3.99. The summed E-state index contributed by atoms with van der Waals surface area (Å²) in [5.41, 5.74) is 0.585. The number of hydrogen-bond acceptors (Lipinski definition) is 8. The van der Waals surface area contributed by atoms with Crippen LogP contribution in [0.4, 0.5) is 0 Å². The van der Waals surface area contributed by atoms with Crippen molar-refractivity contribution >= 4 is 11.8 Å². The Balaban J connectivity index is 1.60. The molecule has 2 fully saturated rings. The molecule has 2 aliphatic rings. The summed E-state index contributed by atoms with van der Waals surface area (Å²) in [5, 5.41) is 35.9. The molecule has 1 aromatic rings. The zero-order valence-corrected chi connectivity index (χ0v) is 17.1. The molecule has 3 rings (SSSR count). The third-order valence-electron chi connectivity index (χ3n) is 5.69. The van der Waals surface area contributed by atoms with Crippen molar-refractivity contribution < 1.29 is 29.6 Å². The number of likely N-dealkylation sites (tertiary alicyclic amines) is 1. The molecule has 166 valence electrons. The molecule has 0 bridgehead atoms.